The van der Waals surface area contributed by atoms with Crippen molar-refractivity contribution in [3.63, 3.8) is 0 Å². The average Bonchev–Trinajstić information content (AvgIpc) is 3.01. The van der Waals surface area contributed by atoms with Gasteiger partial charge < -0.3 is 5.11 Å². The molecule has 0 radical (unpaired) electrons. The number of aliphatic hydroxyl groups is 1. The first-order chi connectivity index (χ1) is 11.5. The van der Waals surface area contributed by atoms with Crippen LogP contribution in [0.5, 0.6) is 0 Å². The van der Waals surface area contributed by atoms with Gasteiger partial charge in [0, 0.05) is 12.1 Å². The van der Waals surface area contributed by atoms with E-state index in [1.54, 1.807) is 13.8 Å². The number of halogens is 5. The van der Waals surface area contributed by atoms with E-state index in [0.717, 1.165) is 10.2 Å². The first-order valence-corrected chi connectivity index (χ1v) is 8.18. The molecule has 1 N–H and O–H groups in total. The second-order valence-corrected chi connectivity index (χ2v) is 6.76. The number of rotatable bonds is 5. The van der Waals surface area contributed by atoms with Crippen molar-refractivity contribution in [1.82, 2.24) is 14.8 Å². The summed E-state index contributed by atoms with van der Waals surface area (Å²) in [6.45, 7) is 4.94. The smallest absolute Gasteiger partial charge is 0.287 e. The zero-order valence-electron chi connectivity index (χ0n) is 13.7. The van der Waals surface area contributed by atoms with Crippen molar-refractivity contribution in [1.29, 1.82) is 0 Å². The summed E-state index contributed by atoms with van der Waals surface area (Å²) in [4.78, 5) is 12.5. The summed E-state index contributed by atoms with van der Waals surface area (Å²) in [7, 11) is 0. The molecule has 25 heavy (non-hydrogen) atoms. The Morgan fingerprint density at radius 2 is 1.96 bits per heavy atom. The molecular weight excluding hydrogens is 412 g/mol. The Bertz CT molecular complexity index is 709. The Morgan fingerprint density at radius 3 is 2.40 bits per heavy atom. The lowest BCUT2D eigenvalue weighted by Crippen LogP contribution is -2.53. The number of aryl methyl sites for hydroxylation is 1. The molecule has 0 saturated heterocycles. The third-order valence-corrected chi connectivity index (χ3v) is 5.16. The molecule has 0 spiro atoms. The van der Waals surface area contributed by atoms with Gasteiger partial charge in [-0.3, -0.25) is 9.48 Å². The summed E-state index contributed by atoms with van der Waals surface area (Å²) in [6.07, 6.45) is -7.66. The summed E-state index contributed by atoms with van der Waals surface area (Å²) >= 11 is 3.33. The lowest BCUT2D eigenvalue weighted by Gasteiger charge is -2.31. The fraction of sp³-hybridized carbons (Fsp3) is 0.643. The minimum absolute atomic E-state index is 0.0203. The number of alkyl halides is 4. The van der Waals surface area contributed by atoms with E-state index in [9.17, 15) is 27.5 Å². The van der Waals surface area contributed by atoms with Crippen LogP contribution in [0.4, 0.5) is 17.6 Å². The maximum atomic E-state index is 13.2. The Balaban J connectivity index is 2.25. The molecule has 0 aromatic carbocycles. The minimum Gasteiger partial charge on any atom is -0.364 e. The highest BCUT2D eigenvalue weighted by Crippen LogP contribution is 2.34. The number of hydrogen-bond acceptors (Lipinski definition) is 4. The number of aromatic nitrogens is 2. The summed E-state index contributed by atoms with van der Waals surface area (Å²) in [5.74, 6) is -1.90. The van der Waals surface area contributed by atoms with Crippen LogP contribution in [0.15, 0.2) is 9.57 Å². The first kappa shape index (κ1) is 19.8. The Morgan fingerprint density at radius 1 is 1.36 bits per heavy atom. The average molecular weight is 429 g/mol. The molecule has 2 heterocycles. The molecule has 1 aliphatic rings. The Labute approximate surface area is 149 Å². The highest BCUT2D eigenvalue weighted by Gasteiger charge is 2.53. The number of hydrazone groups is 1. The maximum absolute atomic E-state index is 13.2. The molecule has 0 bridgehead atoms. The van der Waals surface area contributed by atoms with Gasteiger partial charge in [-0.15, -0.1) is 0 Å². The van der Waals surface area contributed by atoms with Gasteiger partial charge in [-0.05, 0) is 29.8 Å². The van der Waals surface area contributed by atoms with Crippen LogP contribution < -0.4 is 0 Å². The lowest BCUT2D eigenvalue weighted by atomic mass is 10.1. The number of carbonyl (C=O) groups is 1. The van der Waals surface area contributed by atoms with Crippen molar-refractivity contribution >= 4 is 27.5 Å². The largest absolute Gasteiger partial charge is 0.364 e. The summed E-state index contributed by atoms with van der Waals surface area (Å²) < 4.78 is 54.2. The normalized spacial score (nSPS) is 22.0. The summed E-state index contributed by atoms with van der Waals surface area (Å²) in [5.41, 5.74) is -2.61. The molecule has 0 fully saturated rings. The zero-order valence-corrected chi connectivity index (χ0v) is 15.3. The molecule has 2 rings (SSSR count). The van der Waals surface area contributed by atoms with E-state index in [4.69, 9.17) is 0 Å². The van der Waals surface area contributed by atoms with Gasteiger partial charge in [-0.25, -0.2) is 17.6 Å². The summed E-state index contributed by atoms with van der Waals surface area (Å²) in [5, 5.41) is 17.6. The monoisotopic (exact) mass is 428 g/mol. The van der Waals surface area contributed by atoms with Crippen molar-refractivity contribution in [3.05, 3.63) is 15.9 Å². The van der Waals surface area contributed by atoms with E-state index in [-0.39, 0.29) is 11.6 Å². The van der Waals surface area contributed by atoms with Crippen LogP contribution in [0.2, 0.25) is 0 Å². The van der Waals surface area contributed by atoms with Crippen LogP contribution in [-0.4, -0.2) is 50.1 Å². The van der Waals surface area contributed by atoms with Crippen LogP contribution in [0.25, 0.3) is 0 Å². The molecule has 0 unspecified atom stereocenters. The van der Waals surface area contributed by atoms with Crippen LogP contribution >= 0.6 is 15.9 Å². The van der Waals surface area contributed by atoms with Crippen LogP contribution in [0.1, 0.15) is 24.7 Å². The fourth-order valence-electron chi connectivity index (χ4n) is 2.52. The molecule has 0 saturated carbocycles. The van der Waals surface area contributed by atoms with E-state index < -0.39 is 42.5 Å². The zero-order chi connectivity index (χ0) is 19.1. The molecule has 1 aromatic heterocycles. The van der Waals surface area contributed by atoms with E-state index in [0.29, 0.717) is 5.69 Å². The van der Waals surface area contributed by atoms with Crippen molar-refractivity contribution < 1.29 is 27.5 Å². The minimum atomic E-state index is -3.44. The number of amides is 1. The standard InChI is InChI=1S/C14H17BrF4N4O2/c1-6(5-22-8(3)10(15)7(2)20-22)12(24)23-14(25,13(18)19)4-9(21-23)11(16)17/h6,11,13,25H,4-5H2,1-3H3/t6-,14-/m1/s1. The predicted molar refractivity (Wildman–Crippen MR) is 84.4 cm³/mol. The third-order valence-electron chi connectivity index (χ3n) is 4.01. The number of hydrogen-bond donors (Lipinski definition) is 1. The van der Waals surface area contributed by atoms with Crippen molar-refractivity contribution in [2.45, 2.75) is 52.3 Å². The van der Waals surface area contributed by atoms with Gasteiger partial charge >= 0.3 is 0 Å². The molecule has 1 aliphatic heterocycles. The topological polar surface area (TPSA) is 70.7 Å². The van der Waals surface area contributed by atoms with Crippen molar-refractivity contribution in [2.24, 2.45) is 11.0 Å². The highest BCUT2D eigenvalue weighted by atomic mass is 79.9. The van der Waals surface area contributed by atoms with Crippen LogP contribution in [0.3, 0.4) is 0 Å². The Hall–Kier alpha value is -1.49. The van der Waals surface area contributed by atoms with Crippen LogP contribution in [0, 0.1) is 19.8 Å². The molecule has 1 aromatic rings. The number of carbonyl (C=O) groups excluding carboxylic acids is 1. The number of nitrogens with zero attached hydrogens (tertiary/aromatic N) is 4. The molecular formula is C14H17BrF4N4O2. The lowest BCUT2D eigenvalue weighted by molar-refractivity contribution is -0.195. The van der Waals surface area contributed by atoms with E-state index in [1.807, 2.05) is 0 Å². The van der Waals surface area contributed by atoms with E-state index >= 15 is 0 Å². The van der Waals surface area contributed by atoms with E-state index in [1.165, 1.54) is 11.6 Å². The fourth-order valence-corrected chi connectivity index (χ4v) is 2.81. The second kappa shape index (κ2) is 7.02. The van der Waals surface area contributed by atoms with Gasteiger partial charge in [0.15, 0.2) is 0 Å². The van der Waals surface area contributed by atoms with Gasteiger partial charge in [0.1, 0.15) is 5.71 Å². The van der Waals surface area contributed by atoms with Gasteiger partial charge in [-0.1, -0.05) is 6.92 Å². The SMILES string of the molecule is Cc1nn(C[C@@H](C)C(=O)N2N=C(C(F)F)C[C@@]2(O)C(F)F)c(C)c1Br. The molecule has 2 atom stereocenters. The second-order valence-electron chi connectivity index (χ2n) is 5.97. The first-order valence-electron chi connectivity index (χ1n) is 7.38. The summed E-state index contributed by atoms with van der Waals surface area (Å²) in [6, 6.07) is 0. The quantitative estimate of drug-likeness (QED) is 0.732. The molecule has 1 amide bonds. The molecule has 6 nitrogen and oxygen atoms in total. The maximum Gasteiger partial charge on any atom is 0.287 e. The van der Waals surface area contributed by atoms with Gasteiger partial charge in [0.2, 0.25) is 11.6 Å². The van der Waals surface area contributed by atoms with Crippen molar-refractivity contribution in [2.75, 3.05) is 0 Å². The van der Waals surface area contributed by atoms with Gasteiger partial charge in [-0.2, -0.15) is 15.2 Å². The Kier molecular flexibility index (Phi) is 5.57. The third kappa shape index (κ3) is 3.57. The van der Waals surface area contributed by atoms with Gasteiger partial charge in [0.25, 0.3) is 12.9 Å². The van der Waals surface area contributed by atoms with Gasteiger partial charge in [0.05, 0.1) is 22.6 Å². The van der Waals surface area contributed by atoms with E-state index in [2.05, 4.69) is 26.1 Å². The molecule has 11 heteroatoms. The predicted octanol–water partition coefficient (Wildman–Crippen LogP) is 2.71. The molecule has 140 valence electrons. The van der Waals surface area contributed by atoms with Crippen LogP contribution in [-0.2, 0) is 11.3 Å². The molecule has 0 aliphatic carbocycles. The highest BCUT2D eigenvalue weighted by molar-refractivity contribution is 9.10. The van der Waals surface area contributed by atoms with Crippen molar-refractivity contribution in [3.8, 4) is 0 Å².